The highest BCUT2D eigenvalue weighted by atomic mass is 16.3. The summed E-state index contributed by atoms with van der Waals surface area (Å²) >= 11 is 0. The van der Waals surface area contributed by atoms with Crippen LogP contribution in [0, 0.1) is 17.2 Å². The fourth-order valence-electron chi connectivity index (χ4n) is 3.53. The molecule has 4 rings (SSSR count). The van der Waals surface area contributed by atoms with E-state index in [1.165, 1.54) is 6.26 Å². The molecular weight excluding hydrogens is 322 g/mol. The number of carbonyl (C=O) groups excluding carboxylic acids is 1. The molecule has 25 heavy (non-hydrogen) atoms. The lowest BCUT2D eigenvalue weighted by atomic mass is 9.82. The Morgan fingerprint density at radius 2 is 2.08 bits per heavy atom. The molecule has 0 aliphatic carbocycles. The average Bonchev–Trinajstić information content (AvgIpc) is 3.15. The molecular formula is C17H17N5O3. The van der Waals surface area contributed by atoms with E-state index in [0.29, 0.717) is 11.7 Å². The van der Waals surface area contributed by atoms with E-state index in [1.807, 2.05) is 11.0 Å². The zero-order valence-corrected chi connectivity index (χ0v) is 13.5. The first-order valence-corrected chi connectivity index (χ1v) is 8.32. The summed E-state index contributed by atoms with van der Waals surface area (Å²) in [7, 11) is 0. The number of aromatic amines is 1. The highest BCUT2D eigenvalue weighted by Gasteiger charge is 2.41. The summed E-state index contributed by atoms with van der Waals surface area (Å²) in [5.74, 6) is -1.21. The number of furan rings is 1. The third-order valence-corrected chi connectivity index (χ3v) is 4.76. The van der Waals surface area contributed by atoms with Crippen LogP contribution in [-0.4, -0.2) is 29.0 Å². The maximum atomic E-state index is 12.8. The molecule has 1 fully saturated rings. The van der Waals surface area contributed by atoms with Crippen molar-refractivity contribution in [3.05, 3.63) is 40.1 Å². The third kappa shape index (κ3) is 2.58. The molecule has 0 bridgehead atoms. The molecule has 8 heteroatoms. The molecule has 4 heterocycles. The van der Waals surface area contributed by atoms with Gasteiger partial charge in [-0.3, -0.25) is 14.6 Å². The maximum Gasteiger partial charge on any atom is 0.258 e. The predicted octanol–water partition coefficient (Wildman–Crippen LogP) is 1.58. The van der Waals surface area contributed by atoms with Gasteiger partial charge in [0, 0.05) is 13.1 Å². The topological polar surface area (TPSA) is 115 Å². The molecule has 2 atom stereocenters. The van der Waals surface area contributed by atoms with Crippen LogP contribution in [0.5, 0.6) is 0 Å². The number of nitriles is 1. The van der Waals surface area contributed by atoms with Crippen molar-refractivity contribution in [2.75, 3.05) is 23.3 Å². The van der Waals surface area contributed by atoms with Crippen LogP contribution in [0.2, 0.25) is 0 Å². The van der Waals surface area contributed by atoms with Gasteiger partial charge in [0.25, 0.3) is 5.56 Å². The molecule has 2 N–H and O–H groups in total. The highest BCUT2D eigenvalue weighted by Crippen LogP contribution is 2.38. The molecule has 128 valence electrons. The molecule has 2 aromatic rings. The Morgan fingerprint density at radius 1 is 1.28 bits per heavy atom. The Kier molecular flexibility index (Phi) is 3.76. The first kappa shape index (κ1) is 15.4. The SMILES string of the molecule is N#CC1C(=O)Nc2nc(N3CCCCC3)[nH]c(=O)c2C1c1ccco1. The minimum atomic E-state index is -1.04. The summed E-state index contributed by atoms with van der Waals surface area (Å²) in [4.78, 5) is 34.4. The largest absolute Gasteiger partial charge is 0.469 e. The van der Waals surface area contributed by atoms with Crippen LogP contribution >= 0.6 is 0 Å². The summed E-state index contributed by atoms with van der Waals surface area (Å²) in [6, 6.07) is 5.30. The van der Waals surface area contributed by atoms with Gasteiger partial charge in [-0.2, -0.15) is 10.2 Å². The van der Waals surface area contributed by atoms with Crippen LogP contribution in [0.3, 0.4) is 0 Å². The average molecular weight is 339 g/mol. The van der Waals surface area contributed by atoms with Crippen molar-refractivity contribution < 1.29 is 9.21 Å². The fourth-order valence-corrected chi connectivity index (χ4v) is 3.53. The van der Waals surface area contributed by atoms with Crippen molar-refractivity contribution in [2.24, 2.45) is 5.92 Å². The minimum absolute atomic E-state index is 0.210. The zero-order chi connectivity index (χ0) is 17.4. The number of hydrogen-bond acceptors (Lipinski definition) is 6. The van der Waals surface area contributed by atoms with Crippen molar-refractivity contribution in [2.45, 2.75) is 25.2 Å². The first-order chi connectivity index (χ1) is 12.2. The normalized spacial score (nSPS) is 22.8. The van der Waals surface area contributed by atoms with Crippen LogP contribution in [0.1, 0.15) is 36.5 Å². The number of nitrogens with one attached hydrogen (secondary N) is 2. The Labute approximate surface area is 143 Å². The molecule has 0 radical (unpaired) electrons. The van der Waals surface area contributed by atoms with Gasteiger partial charge >= 0.3 is 0 Å². The number of rotatable bonds is 2. The van der Waals surface area contributed by atoms with Gasteiger partial charge in [0.05, 0.1) is 23.8 Å². The number of fused-ring (bicyclic) bond motifs is 1. The molecule has 0 aromatic carbocycles. The van der Waals surface area contributed by atoms with E-state index >= 15 is 0 Å². The summed E-state index contributed by atoms with van der Waals surface area (Å²) in [5.41, 5.74) is -0.0888. The summed E-state index contributed by atoms with van der Waals surface area (Å²) in [6.45, 7) is 1.64. The van der Waals surface area contributed by atoms with Crippen LogP contribution in [-0.2, 0) is 4.79 Å². The Balaban J connectivity index is 1.83. The lowest BCUT2D eigenvalue weighted by Gasteiger charge is -2.30. The van der Waals surface area contributed by atoms with E-state index < -0.39 is 17.7 Å². The van der Waals surface area contributed by atoms with Crippen LogP contribution in [0.15, 0.2) is 27.6 Å². The molecule has 1 saturated heterocycles. The lowest BCUT2D eigenvalue weighted by molar-refractivity contribution is -0.119. The van der Waals surface area contributed by atoms with Crippen molar-refractivity contribution in [3.63, 3.8) is 0 Å². The standard InChI is InChI=1S/C17H17N5O3/c18-9-10-12(11-5-4-8-25-11)13-14(19-15(10)23)20-17(21-16(13)24)22-6-2-1-3-7-22/h4-5,8,10,12H,1-3,6-7H2,(H2,19,20,21,23,24). The second-order valence-corrected chi connectivity index (χ2v) is 6.29. The number of piperidine rings is 1. The summed E-state index contributed by atoms with van der Waals surface area (Å²) in [6.07, 6.45) is 4.70. The third-order valence-electron chi connectivity index (χ3n) is 4.76. The van der Waals surface area contributed by atoms with Crippen molar-refractivity contribution in [3.8, 4) is 6.07 Å². The number of anilines is 2. The van der Waals surface area contributed by atoms with E-state index in [-0.39, 0.29) is 16.9 Å². The molecule has 0 saturated carbocycles. The van der Waals surface area contributed by atoms with E-state index in [1.54, 1.807) is 12.1 Å². The second kappa shape index (κ2) is 6.09. The van der Waals surface area contributed by atoms with E-state index in [4.69, 9.17) is 4.42 Å². The van der Waals surface area contributed by atoms with Crippen LogP contribution < -0.4 is 15.8 Å². The van der Waals surface area contributed by atoms with Gasteiger partial charge in [0.15, 0.2) is 0 Å². The summed E-state index contributed by atoms with van der Waals surface area (Å²) < 4.78 is 5.39. The van der Waals surface area contributed by atoms with Gasteiger partial charge < -0.3 is 14.6 Å². The Morgan fingerprint density at radius 3 is 2.76 bits per heavy atom. The first-order valence-electron chi connectivity index (χ1n) is 8.32. The molecule has 0 spiro atoms. The minimum Gasteiger partial charge on any atom is -0.469 e. The van der Waals surface area contributed by atoms with E-state index in [9.17, 15) is 14.9 Å². The number of carbonyl (C=O) groups is 1. The van der Waals surface area contributed by atoms with Gasteiger partial charge in [0.2, 0.25) is 11.9 Å². The van der Waals surface area contributed by atoms with Gasteiger partial charge in [-0.25, -0.2) is 0 Å². The van der Waals surface area contributed by atoms with E-state index in [2.05, 4.69) is 15.3 Å². The number of amides is 1. The molecule has 8 nitrogen and oxygen atoms in total. The number of aromatic nitrogens is 2. The second-order valence-electron chi connectivity index (χ2n) is 6.29. The highest BCUT2D eigenvalue weighted by molar-refractivity contribution is 5.97. The Hall–Kier alpha value is -3.08. The number of hydrogen-bond donors (Lipinski definition) is 2. The monoisotopic (exact) mass is 339 g/mol. The predicted molar refractivity (Wildman–Crippen MR) is 89.2 cm³/mol. The molecule has 1 amide bonds. The number of H-pyrrole nitrogens is 1. The summed E-state index contributed by atoms with van der Waals surface area (Å²) in [5, 5.41) is 12.0. The van der Waals surface area contributed by atoms with Gasteiger partial charge in [-0.05, 0) is 31.4 Å². The molecule has 2 unspecified atom stereocenters. The van der Waals surface area contributed by atoms with Gasteiger partial charge in [-0.15, -0.1) is 0 Å². The smallest absolute Gasteiger partial charge is 0.258 e. The Bertz CT molecular complexity index is 890. The molecule has 2 aliphatic rings. The molecule has 2 aromatic heterocycles. The fraction of sp³-hybridized carbons (Fsp3) is 0.412. The van der Waals surface area contributed by atoms with Crippen molar-refractivity contribution in [1.82, 2.24) is 9.97 Å². The van der Waals surface area contributed by atoms with Crippen molar-refractivity contribution in [1.29, 1.82) is 5.26 Å². The van der Waals surface area contributed by atoms with Gasteiger partial charge in [0.1, 0.15) is 17.5 Å². The number of nitrogens with zero attached hydrogens (tertiary/aromatic N) is 3. The van der Waals surface area contributed by atoms with E-state index in [0.717, 1.165) is 32.4 Å². The molecule has 2 aliphatic heterocycles. The van der Waals surface area contributed by atoms with Gasteiger partial charge in [-0.1, -0.05) is 0 Å². The quantitative estimate of drug-likeness (QED) is 0.858. The van der Waals surface area contributed by atoms with Crippen LogP contribution in [0.25, 0.3) is 0 Å². The lowest BCUT2D eigenvalue weighted by Crippen LogP contribution is -2.40. The zero-order valence-electron chi connectivity index (χ0n) is 13.5. The maximum absolute atomic E-state index is 12.8. The van der Waals surface area contributed by atoms with Crippen LogP contribution in [0.4, 0.5) is 11.8 Å². The van der Waals surface area contributed by atoms with Crippen molar-refractivity contribution >= 4 is 17.7 Å².